The second-order valence-corrected chi connectivity index (χ2v) is 13.4. The molecule has 0 radical (unpaired) electrons. The van der Waals surface area contributed by atoms with Crippen LogP contribution in [0.15, 0.2) is 72.8 Å². The zero-order chi connectivity index (χ0) is 33.2. The molecule has 1 heterocycles. The fourth-order valence-electron chi connectivity index (χ4n) is 6.41. The highest BCUT2D eigenvalue weighted by Gasteiger charge is 2.48. The normalized spacial score (nSPS) is 21.8. The summed E-state index contributed by atoms with van der Waals surface area (Å²) < 4.78 is 34.3. The minimum atomic E-state index is -3.81. The van der Waals surface area contributed by atoms with Crippen molar-refractivity contribution in [2.45, 2.75) is 88.5 Å². The number of alkyl halides is 2. The van der Waals surface area contributed by atoms with E-state index in [1.807, 2.05) is 12.1 Å². The first-order valence-electron chi connectivity index (χ1n) is 15.6. The Morgan fingerprint density at radius 2 is 1.63 bits per heavy atom. The molecule has 1 aliphatic carbocycles. The number of halogens is 3. The van der Waals surface area contributed by atoms with Crippen LogP contribution in [0.3, 0.4) is 0 Å². The first-order chi connectivity index (χ1) is 21.8. The number of rotatable bonds is 8. The van der Waals surface area contributed by atoms with E-state index in [1.54, 1.807) is 41.3 Å². The van der Waals surface area contributed by atoms with E-state index in [9.17, 15) is 28.3 Å². The molecule has 2 aliphatic rings. The highest BCUT2D eigenvalue weighted by atomic mass is 35.5. The van der Waals surface area contributed by atoms with Crippen molar-refractivity contribution in [3.05, 3.63) is 106 Å². The lowest BCUT2D eigenvalue weighted by molar-refractivity contribution is -0.185. The number of ether oxygens (including phenoxy) is 1. The van der Waals surface area contributed by atoms with Crippen molar-refractivity contribution in [2.75, 3.05) is 6.54 Å². The molecule has 0 unspecified atom stereocenters. The Labute approximate surface area is 272 Å². The van der Waals surface area contributed by atoms with Crippen molar-refractivity contribution in [2.24, 2.45) is 0 Å². The van der Waals surface area contributed by atoms with Gasteiger partial charge in [0.25, 0.3) is 5.91 Å². The number of carbonyl (C=O) groups is 3. The maximum Gasteiger partial charge on any atom is 0.382 e. The average Bonchev–Trinajstić information content (AvgIpc) is 3.01. The summed E-state index contributed by atoms with van der Waals surface area (Å²) in [6, 6.07) is 18.4. The van der Waals surface area contributed by atoms with Crippen LogP contribution in [0.4, 0.5) is 8.78 Å². The van der Waals surface area contributed by atoms with E-state index in [-0.39, 0.29) is 18.4 Å². The maximum absolute atomic E-state index is 14.7. The van der Waals surface area contributed by atoms with Crippen LogP contribution in [0.1, 0.15) is 91.0 Å². The molecule has 244 valence electrons. The molecule has 4 atom stereocenters. The summed E-state index contributed by atoms with van der Waals surface area (Å²) in [5, 5.41) is 14.6. The molecule has 46 heavy (non-hydrogen) atoms. The van der Waals surface area contributed by atoms with Crippen molar-refractivity contribution >= 4 is 29.4 Å². The number of amides is 2. The molecule has 1 saturated carbocycles. The highest BCUT2D eigenvalue weighted by Crippen LogP contribution is 2.46. The smallest absolute Gasteiger partial charge is 0.382 e. The van der Waals surface area contributed by atoms with Crippen LogP contribution >= 0.6 is 11.6 Å². The lowest BCUT2D eigenvalue weighted by Crippen LogP contribution is -2.55. The number of benzene rings is 3. The van der Waals surface area contributed by atoms with Gasteiger partial charge in [0.15, 0.2) is 0 Å². The predicted molar refractivity (Wildman–Crippen MR) is 171 cm³/mol. The van der Waals surface area contributed by atoms with Gasteiger partial charge in [0, 0.05) is 22.7 Å². The number of nitrogens with one attached hydrogen (secondary N) is 1. The number of carbonyl (C=O) groups excluding carboxylic acids is 3. The van der Waals surface area contributed by atoms with Gasteiger partial charge in [-0.25, -0.2) is 4.79 Å². The fourth-order valence-corrected chi connectivity index (χ4v) is 6.54. The largest absolute Gasteiger partial charge is 0.455 e. The van der Waals surface area contributed by atoms with E-state index >= 15 is 0 Å². The molecule has 1 aliphatic heterocycles. The molecule has 2 N–H and O–H groups in total. The molecule has 0 spiro atoms. The Kier molecular flexibility index (Phi) is 9.84. The van der Waals surface area contributed by atoms with Gasteiger partial charge in [-0.1, -0.05) is 79.0 Å². The molecule has 0 saturated heterocycles. The molecule has 1 fully saturated rings. The van der Waals surface area contributed by atoms with Gasteiger partial charge in [-0.2, -0.15) is 8.78 Å². The van der Waals surface area contributed by atoms with Gasteiger partial charge in [-0.05, 0) is 74.9 Å². The standard InChI is InChI=1S/C36H39ClF2N2O5/c1-35(2,3)46-34(45)36(38,39)24-16-12-22(13-17-24)20-21-40-32(43)30-26-8-4-5-9-27(26)33(44)41(28-10-6-7-11-29(28)42)31(30)23-14-18-25(37)19-15-23/h4-5,8-9,12-19,28-31,42H,6-7,10-11,20-21H2,1-3H3,(H,40,43)/t28-,29-,30+,31-/m0/s1. The third kappa shape index (κ3) is 7.10. The molecule has 7 nitrogen and oxygen atoms in total. The van der Waals surface area contributed by atoms with Crippen LogP contribution in [0, 0.1) is 0 Å². The lowest BCUT2D eigenvalue weighted by atomic mass is 9.76. The van der Waals surface area contributed by atoms with Crippen LogP contribution in [0.2, 0.25) is 5.02 Å². The SMILES string of the molecule is CC(C)(C)OC(=O)C(F)(F)c1ccc(CCNC(=O)[C@@H]2c3ccccc3C(=O)N([C@H]3CCCC[C@@H]3O)[C@H]2c2ccc(Cl)cc2)cc1. The molecule has 10 heteroatoms. The van der Waals surface area contributed by atoms with Crippen LogP contribution in [-0.2, 0) is 26.7 Å². The van der Waals surface area contributed by atoms with Crippen LogP contribution in [-0.4, -0.2) is 52.1 Å². The second-order valence-electron chi connectivity index (χ2n) is 13.0. The first-order valence-corrected chi connectivity index (χ1v) is 16.0. The summed E-state index contributed by atoms with van der Waals surface area (Å²) >= 11 is 6.21. The second kappa shape index (κ2) is 13.5. The zero-order valence-electron chi connectivity index (χ0n) is 26.1. The van der Waals surface area contributed by atoms with E-state index in [0.29, 0.717) is 41.0 Å². The van der Waals surface area contributed by atoms with E-state index in [1.165, 1.54) is 45.0 Å². The van der Waals surface area contributed by atoms with Gasteiger partial charge in [0.05, 0.1) is 24.1 Å². The van der Waals surface area contributed by atoms with Gasteiger partial charge in [0.1, 0.15) is 5.60 Å². The predicted octanol–water partition coefficient (Wildman–Crippen LogP) is 6.72. The minimum absolute atomic E-state index is 0.201. The molecule has 3 aromatic carbocycles. The zero-order valence-corrected chi connectivity index (χ0v) is 26.9. The van der Waals surface area contributed by atoms with Crippen molar-refractivity contribution in [3.8, 4) is 0 Å². The summed E-state index contributed by atoms with van der Waals surface area (Å²) in [5.74, 6) is -6.73. The van der Waals surface area contributed by atoms with Gasteiger partial charge in [-0.3, -0.25) is 9.59 Å². The summed E-state index contributed by atoms with van der Waals surface area (Å²) in [6.07, 6.45) is 2.55. The van der Waals surface area contributed by atoms with Gasteiger partial charge >= 0.3 is 11.9 Å². The Morgan fingerprint density at radius 3 is 2.28 bits per heavy atom. The van der Waals surface area contributed by atoms with Crippen molar-refractivity contribution in [3.63, 3.8) is 0 Å². The molecular weight excluding hydrogens is 614 g/mol. The van der Waals surface area contributed by atoms with Crippen molar-refractivity contribution < 1.29 is 33.0 Å². The van der Waals surface area contributed by atoms with E-state index in [2.05, 4.69) is 5.32 Å². The van der Waals surface area contributed by atoms with E-state index in [4.69, 9.17) is 16.3 Å². The number of aliphatic hydroxyl groups excluding tert-OH is 1. The van der Waals surface area contributed by atoms with Crippen LogP contribution in [0.5, 0.6) is 0 Å². The Balaban J connectivity index is 1.38. The number of fused-ring (bicyclic) bond motifs is 1. The van der Waals surface area contributed by atoms with Crippen LogP contribution in [0.25, 0.3) is 0 Å². The Bertz CT molecular complexity index is 1570. The van der Waals surface area contributed by atoms with Crippen molar-refractivity contribution in [1.82, 2.24) is 10.2 Å². The first kappa shape index (κ1) is 33.5. The molecular formula is C36H39ClF2N2O5. The molecule has 2 amide bonds. The van der Waals surface area contributed by atoms with E-state index in [0.717, 1.165) is 18.4 Å². The number of hydrogen-bond acceptors (Lipinski definition) is 5. The quantitative estimate of drug-likeness (QED) is 0.264. The monoisotopic (exact) mass is 652 g/mol. The van der Waals surface area contributed by atoms with E-state index < -0.39 is 47.2 Å². The third-order valence-corrected chi connectivity index (χ3v) is 8.86. The third-order valence-electron chi connectivity index (χ3n) is 8.61. The van der Waals surface area contributed by atoms with Crippen molar-refractivity contribution in [1.29, 1.82) is 0 Å². The molecule has 0 bridgehead atoms. The lowest BCUT2D eigenvalue weighted by Gasteiger charge is -2.48. The highest BCUT2D eigenvalue weighted by molar-refractivity contribution is 6.30. The summed E-state index contributed by atoms with van der Waals surface area (Å²) in [6.45, 7) is 4.77. The summed E-state index contributed by atoms with van der Waals surface area (Å²) in [4.78, 5) is 42.0. The maximum atomic E-state index is 14.7. The molecule has 3 aromatic rings. The molecule has 0 aromatic heterocycles. The topological polar surface area (TPSA) is 95.9 Å². The summed E-state index contributed by atoms with van der Waals surface area (Å²) in [7, 11) is 0. The average molecular weight is 653 g/mol. The van der Waals surface area contributed by atoms with Crippen LogP contribution < -0.4 is 5.32 Å². The number of hydrogen-bond donors (Lipinski definition) is 2. The summed E-state index contributed by atoms with van der Waals surface area (Å²) in [5.41, 5.74) is 0.905. The minimum Gasteiger partial charge on any atom is -0.455 e. The number of nitrogens with zero attached hydrogens (tertiary/aromatic N) is 1. The number of esters is 1. The van der Waals surface area contributed by atoms with Gasteiger partial charge in [0.2, 0.25) is 5.91 Å². The van der Waals surface area contributed by atoms with Gasteiger partial charge < -0.3 is 20.1 Å². The Morgan fingerprint density at radius 1 is 0.978 bits per heavy atom. The molecule has 5 rings (SSSR count). The fraction of sp³-hybridized carbons (Fsp3) is 0.417. The Hall–Kier alpha value is -3.82. The number of aliphatic hydroxyl groups is 1. The van der Waals surface area contributed by atoms with Gasteiger partial charge in [-0.15, -0.1) is 0 Å².